The van der Waals surface area contributed by atoms with Crippen molar-refractivity contribution in [2.24, 2.45) is 0 Å². The number of nitrogens with zero attached hydrogens (tertiary/aromatic N) is 4. The van der Waals surface area contributed by atoms with E-state index in [1.807, 2.05) is 55.1 Å². The lowest BCUT2D eigenvalue weighted by Gasteiger charge is -2.47. The van der Waals surface area contributed by atoms with Crippen LogP contribution >= 0.6 is 11.6 Å². The summed E-state index contributed by atoms with van der Waals surface area (Å²) in [7, 11) is 0. The van der Waals surface area contributed by atoms with Crippen molar-refractivity contribution in [2.75, 3.05) is 39.3 Å². The Bertz CT molecular complexity index is 1790. The van der Waals surface area contributed by atoms with E-state index in [4.69, 9.17) is 16.3 Å². The highest BCUT2D eigenvalue weighted by molar-refractivity contribution is 6.30. The number of carbonyl (C=O) groups is 4. The zero-order chi connectivity index (χ0) is 38.5. The van der Waals surface area contributed by atoms with Gasteiger partial charge >= 0.3 is 6.09 Å². The molecule has 2 heterocycles. The lowest BCUT2D eigenvalue weighted by molar-refractivity contribution is -0.148. The van der Waals surface area contributed by atoms with Crippen LogP contribution in [0.3, 0.4) is 0 Å². The molecule has 1 N–H and O–H groups in total. The van der Waals surface area contributed by atoms with Gasteiger partial charge < -0.3 is 19.9 Å². The van der Waals surface area contributed by atoms with E-state index in [0.29, 0.717) is 43.3 Å². The van der Waals surface area contributed by atoms with E-state index in [9.17, 15) is 19.2 Å². The summed E-state index contributed by atoms with van der Waals surface area (Å²) < 4.78 is 21.1. The first-order valence-electron chi connectivity index (χ1n) is 18.4. The maximum absolute atomic E-state index is 15.4. The molecule has 0 radical (unpaired) electrons. The van der Waals surface area contributed by atoms with Gasteiger partial charge in [0.05, 0.1) is 12.5 Å². The Kier molecular flexibility index (Phi) is 12.5. The van der Waals surface area contributed by atoms with Gasteiger partial charge in [-0.3, -0.25) is 24.2 Å². The number of halogens is 2. The summed E-state index contributed by atoms with van der Waals surface area (Å²) in [6, 6.07) is 19.6. The topological polar surface area (TPSA) is 103 Å². The number of rotatable bonds is 11. The molecule has 0 bridgehead atoms. The van der Waals surface area contributed by atoms with Crippen LogP contribution in [0.4, 0.5) is 9.18 Å². The predicted molar refractivity (Wildman–Crippen MR) is 202 cm³/mol. The number of hydrogen-bond donors (Lipinski definition) is 1. The molecule has 1 fully saturated rings. The van der Waals surface area contributed by atoms with Crippen LogP contribution in [0, 0.1) is 5.82 Å². The molecule has 2 aliphatic rings. The van der Waals surface area contributed by atoms with Crippen LogP contribution in [0.5, 0.6) is 0 Å². The standard InChI is InChI=1S/C41H51ClFN5O5/c1-7-45(8-2)38(51)41(6,32-15-11-12-16-33(32)43)47-23-21-46(22-24-47)37(50)34(25-28-17-19-30(42)20-18-28)44-36(49)26-35-31-14-10-9-13-29(31)27-48(35)39(52)53-40(3,4)5/h9-20,34-35H,7-8,21-27H2,1-6H3,(H,44,49)/t34-,35?,41?/m1/s1. The number of benzene rings is 3. The van der Waals surface area contributed by atoms with Crippen molar-refractivity contribution >= 4 is 35.4 Å². The highest BCUT2D eigenvalue weighted by atomic mass is 35.5. The van der Waals surface area contributed by atoms with Gasteiger partial charge in [-0.05, 0) is 76.4 Å². The van der Waals surface area contributed by atoms with Crippen LogP contribution in [-0.2, 0) is 37.6 Å². The third kappa shape index (κ3) is 9.01. The molecule has 3 aromatic rings. The minimum absolute atomic E-state index is 0.0666. The zero-order valence-corrected chi connectivity index (χ0v) is 32.3. The molecule has 12 heteroatoms. The first-order valence-corrected chi connectivity index (χ1v) is 18.7. The van der Waals surface area contributed by atoms with Gasteiger partial charge in [0, 0.05) is 62.8 Å². The van der Waals surface area contributed by atoms with Gasteiger partial charge in [-0.1, -0.05) is 66.2 Å². The third-order valence-corrected chi connectivity index (χ3v) is 10.5. The minimum atomic E-state index is -1.29. The lowest BCUT2D eigenvalue weighted by Crippen LogP contribution is -2.63. The van der Waals surface area contributed by atoms with E-state index < -0.39 is 35.1 Å². The molecular weight excluding hydrogens is 697 g/mol. The summed E-state index contributed by atoms with van der Waals surface area (Å²) in [6.07, 6.45) is -0.366. The molecule has 1 saturated heterocycles. The Balaban J connectivity index is 1.36. The molecule has 53 heavy (non-hydrogen) atoms. The Hall–Kier alpha value is -4.48. The van der Waals surface area contributed by atoms with E-state index in [2.05, 4.69) is 5.32 Å². The van der Waals surface area contributed by atoms with Crippen LogP contribution in [-0.4, -0.2) is 94.3 Å². The van der Waals surface area contributed by atoms with Gasteiger partial charge in [0.15, 0.2) is 0 Å². The number of fused-ring (bicyclic) bond motifs is 1. The van der Waals surface area contributed by atoms with Gasteiger partial charge in [0.1, 0.15) is 23.0 Å². The van der Waals surface area contributed by atoms with E-state index in [1.54, 1.807) is 72.7 Å². The van der Waals surface area contributed by atoms with Crippen molar-refractivity contribution in [1.82, 2.24) is 24.9 Å². The quantitative estimate of drug-likeness (QED) is 0.247. The van der Waals surface area contributed by atoms with Crippen molar-refractivity contribution in [3.8, 4) is 0 Å². The summed E-state index contributed by atoms with van der Waals surface area (Å²) >= 11 is 6.15. The average Bonchev–Trinajstić information content (AvgIpc) is 3.50. The fourth-order valence-corrected chi connectivity index (χ4v) is 7.50. The predicted octanol–water partition coefficient (Wildman–Crippen LogP) is 6.32. The SMILES string of the molecule is CCN(CC)C(=O)C(C)(c1ccccc1F)N1CCN(C(=O)[C@@H](Cc2ccc(Cl)cc2)NC(=O)CC2c3ccccc3CN2C(=O)OC(C)(C)C)CC1. The number of piperazine rings is 1. The molecule has 3 atom stereocenters. The smallest absolute Gasteiger partial charge is 0.411 e. The van der Waals surface area contributed by atoms with Gasteiger partial charge in [0.25, 0.3) is 0 Å². The monoisotopic (exact) mass is 747 g/mol. The van der Waals surface area contributed by atoms with Gasteiger partial charge in [-0.15, -0.1) is 0 Å². The summed E-state index contributed by atoms with van der Waals surface area (Å²) in [4.78, 5) is 62.5. The van der Waals surface area contributed by atoms with Gasteiger partial charge in [-0.2, -0.15) is 0 Å². The van der Waals surface area contributed by atoms with Gasteiger partial charge in [-0.25, -0.2) is 9.18 Å². The fourth-order valence-electron chi connectivity index (χ4n) is 7.37. The first kappa shape index (κ1) is 39.7. The minimum Gasteiger partial charge on any atom is -0.444 e. The Labute approximate surface area is 317 Å². The molecule has 5 rings (SSSR count). The number of carbonyl (C=O) groups excluding carboxylic acids is 4. The summed E-state index contributed by atoms with van der Waals surface area (Å²) in [5, 5.41) is 3.55. The number of nitrogens with one attached hydrogen (secondary N) is 1. The van der Waals surface area contributed by atoms with Crippen molar-refractivity contribution in [1.29, 1.82) is 0 Å². The highest BCUT2D eigenvalue weighted by Crippen LogP contribution is 2.37. The Morgan fingerprint density at radius 1 is 0.906 bits per heavy atom. The zero-order valence-electron chi connectivity index (χ0n) is 31.5. The van der Waals surface area contributed by atoms with Crippen molar-refractivity contribution in [3.05, 3.63) is 106 Å². The molecule has 0 aliphatic carbocycles. The second kappa shape index (κ2) is 16.7. The van der Waals surface area contributed by atoms with Crippen molar-refractivity contribution in [2.45, 2.75) is 84.2 Å². The van der Waals surface area contributed by atoms with Crippen LogP contribution in [0.2, 0.25) is 5.02 Å². The Morgan fingerprint density at radius 2 is 1.53 bits per heavy atom. The molecular formula is C41H51ClFN5O5. The molecule has 0 spiro atoms. The van der Waals surface area contributed by atoms with E-state index in [-0.39, 0.29) is 43.7 Å². The fraction of sp³-hybridized carbons (Fsp3) is 0.463. The molecule has 284 valence electrons. The highest BCUT2D eigenvalue weighted by Gasteiger charge is 2.46. The van der Waals surface area contributed by atoms with E-state index in [0.717, 1.165) is 16.7 Å². The summed E-state index contributed by atoms with van der Waals surface area (Å²) in [6.45, 7) is 13.4. The molecule has 4 amide bonds. The lowest BCUT2D eigenvalue weighted by atomic mass is 9.87. The summed E-state index contributed by atoms with van der Waals surface area (Å²) in [5.41, 5.74) is 0.890. The second-order valence-electron chi connectivity index (χ2n) is 14.8. The molecule has 3 aromatic carbocycles. The molecule has 2 unspecified atom stereocenters. The average molecular weight is 748 g/mol. The molecule has 0 aromatic heterocycles. The third-order valence-electron chi connectivity index (χ3n) is 10.2. The van der Waals surface area contributed by atoms with Crippen LogP contribution in [0.25, 0.3) is 0 Å². The number of ether oxygens (including phenoxy) is 1. The summed E-state index contributed by atoms with van der Waals surface area (Å²) in [5.74, 6) is -1.32. The molecule has 10 nitrogen and oxygen atoms in total. The normalized spacial score (nSPS) is 17.8. The van der Waals surface area contributed by atoms with Gasteiger partial charge in [0.2, 0.25) is 17.7 Å². The number of amides is 4. The van der Waals surface area contributed by atoms with E-state index in [1.165, 1.54) is 6.07 Å². The molecule has 2 aliphatic heterocycles. The van der Waals surface area contributed by atoms with Crippen LogP contribution in [0.15, 0.2) is 72.8 Å². The largest absolute Gasteiger partial charge is 0.444 e. The number of hydrogen-bond acceptors (Lipinski definition) is 6. The van der Waals surface area contributed by atoms with Crippen molar-refractivity contribution < 1.29 is 28.3 Å². The van der Waals surface area contributed by atoms with Crippen LogP contribution in [0.1, 0.15) is 76.3 Å². The number of likely N-dealkylation sites (N-methyl/N-ethyl adjacent to an activating group) is 1. The maximum Gasteiger partial charge on any atom is 0.411 e. The Morgan fingerprint density at radius 3 is 2.15 bits per heavy atom. The van der Waals surface area contributed by atoms with Crippen molar-refractivity contribution in [3.63, 3.8) is 0 Å². The molecule has 0 saturated carbocycles. The second-order valence-corrected chi connectivity index (χ2v) is 15.3. The van der Waals surface area contributed by atoms with E-state index >= 15 is 4.39 Å². The van der Waals surface area contributed by atoms with Crippen LogP contribution < -0.4 is 5.32 Å². The first-order chi connectivity index (χ1) is 25.2. The maximum atomic E-state index is 15.4.